The van der Waals surface area contributed by atoms with E-state index in [0.717, 1.165) is 14.9 Å². The van der Waals surface area contributed by atoms with E-state index < -0.39 is 17.8 Å². The van der Waals surface area contributed by atoms with Gasteiger partial charge in [0, 0.05) is 37.9 Å². The summed E-state index contributed by atoms with van der Waals surface area (Å²) in [6.07, 6.45) is 1.48. The van der Waals surface area contributed by atoms with Crippen molar-refractivity contribution in [1.82, 2.24) is 5.32 Å². The number of amides is 3. The van der Waals surface area contributed by atoms with Gasteiger partial charge in [-0.15, -0.1) is 11.8 Å². The van der Waals surface area contributed by atoms with Crippen LogP contribution in [0.1, 0.15) is 26.5 Å². The Bertz CT molecular complexity index is 1910. The lowest BCUT2D eigenvalue weighted by molar-refractivity contribution is -0.114. The number of anilines is 2. The Morgan fingerprint density at radius 1 is 0.766 bits per heavy atom. The van der Waals surface area contributed by atoms with Crippen LogP contribution in [0.2, 0.25) is 0 Å². The number of benzene rings is 4. The molecule has 11 heteroatoms. The SMILES string of the molecule is COC(=O)c1ccc(NC(=O)CSc2ccc(NC(=O)/C(=C/c3ccc(-c4ccc(Br)cc4)o3)NC(=O)c3ccccc3)cc2)cc1. The van der Waals surface area contributed by atoms with Gasteiger partial charge in [-0.3, -0.25) is 14.4 Å². The molecule has 0 aliphatic carbocycles. The quantitative estimate of drug-likeness (QED) is 0.0731. The summed E-state index contributed by atoms with van der Waals surface area (Å²) in [6.45, 7) is 0. The van der Waals surface area contributed by atoms with Gasteiger partial charge in [-0.1, -0.05) is 46.3 Å². The molecule has 1 heterocycles. The third-order valence-electron chi connectivity index (χ3n) is 6.64. The molecule has 0 atom stereocenters. The van der Waals surface area contributed by atoms with Crippen molar-refractivity contribution in [2.45, 2.75) is 4.90 Å². The van der Waals surface area contributed by atoms with E-state index in [2.05, 4.69) is 36.6 Å². The van der Waals surface area contributed by atoms with Crippen molar-refractivity contribution in [2.75, 3.05) is 23.5 Å². The minimum absolute atomic E-state index is 0.00898. The number of methoxy groups -OCH3 is 1. The molecule has 0 bridgehead atoms. The van der Waals surface area contributed by atoms with Gasteiger partial charge in [0.25, 0.3) is 11.8 Å². The number of nitrogens with one attached hydrogen (secondary N) is 3. The maximum absolute atomic E-state index is 13.4. The zero-order valence-electron chi connectivity index (χ0n) is 25.0. The van der Waals surface area contributed by atoms with Gasteiger partial charge in [0.05, 0.1) is 18.4 Å². The lowest BCUT2D eigenvalue weighted by atomic mass is 10.2. The molecular weight excluding hydrogens is 682 g/mol. The van der Waals surface area contributed by atoms with Crippen LogP contribution in [0.25, 0.3) is 17.4 Å². The maximum atomic E-state index is 13.4. The Morgan fingerprint density at radius 3 is 2.11 bits per heavy atom. The van der Waals surface area contributed by atoms with E-state index >= 15 is 0 Å². The second kappa shape index (κ2) is 15.7. The summed E-state index contributed by atoms with van der Waals surface area (Å²) in [7, 11) is 1.31. The molecule has 1 aromatic heterocycles. The monoisotopic (exact) mass is 709 g/mol. The number of hydrogen-bond acceptors (Lipinski definition) is 7. The molecular formula is C36H28BrN3O6S. The molecule has 0 aliphatic heterocycles. The summed E-state index contributed by atoms with van der Waals surface area (Å²) < 4.78 is 11.6. The van der Waals surface area contributed by atoms with Crippen LogP contribution in [0.15, 0.2) is 135 Å². The summed E-state index contributed by atoms with van der Waals surface area (Å²) in [5.41, 5.74) is 2.68. The Morgan fingerprint density at radius 2 is 1.43 bits per heavy atom. The topological polar surface area (TPSA) is 127 Å². The van der Waals surface area contributed by atoms with Crippen molar-refractivity contribution in [2.24, 2.45) is 0 Å². The summed E-state index contributed by atoms with van der Waals surface area (Å²) in [6, 6.07) is 33.1. The number of halogens is 1. The second-order valence-electron chi connectivity index (χ2n) is 9.97. The average Bonchev–Trinajstić information content (AvgIpc) is 3.57. The number of hydrogen-bond donors (Lipinski definition) is 3. The summed E-state index contributed by atoms with van der Waals surface area (Å²) in [4.78, 5) is 51.3. The van der Waals surface area contributed by atoms with E-state index in [4.69, 9.17) is 4.42 Å². The Labute approximate surface area is 283 Å². The summed E-state index contributed by atoms with van der Waals surface area (Å²) >= 11 is 4.74. The summed E-state index contributed by atoms with van der Waals surface area (Å²) in [5.74, 6) is -0.532. The van der Waals surface area contributed by atoms with Gasteiger partial charge in [-0.2, -0.15) is 0 Å². The van der Waals surface area contributed by atoms with E-state index in [1.165, 1.54) is 24.9 Å². The molecule has 0 unspecified atom stereocenters. The van der Waals surface area contributed by atoms with Crippen molar-refractivity contribution in [1.29, 1.82) is 0 Å². The summed E-state index contributed by atoms with van der Waals surface area (Å²) in [5, 5.41) is 8.31. The molecule has 5 rings (SSSR count). The van der Waals surface area contributed by atoms with Gasteiger partial charge in [-0.25, -0.2) is 4.79 Å². The average molecular weight is 711 g/mol. The Kier molecular flexibility index (Phi) is 11.1. The molecule has 0 saturated carbocycles. The standard InChI is InChI=1S/C36H28BrN3O6S/c1-45-36(44)25-9-13-27(14-10-25)38-33(41)22-47-30-18-15-28(16-19-30)39-35(43)31(40-34(42)24-5-3-2-4-6-24)21-29-17-20-32(46-29)23-7-11-26(37)12-8-23/h2-21H,22H2,1H3,(H,38,41)(H,39,43)(H,40,42)/b31-21-. The van der Waals surface area contributed by atoms with Gasteiger partial charge in [0.15, 0.2) is 0 Å². The molecule has 3 amide bonds. The van der Waals surface area contributed by atoms with E-state index in [-0.39, 0.29) is 17.4 Å². The van der Waals surface area contributed by atoms with Crippen LogP contribution in [0.3, 0.4) is 0 Å². The van der Waals surface area contributed by atoms with Gasteiger partial charge in [-0.05, 0) is 84.9 Å². The number of esters is 1. The Hall–Kier alpha value is -5.39. The molecule has 9 nitrogen and oxygen atoms in total. The number of furan rings is 1. The van der Waals surface area contributed by atoms with Crippen molar-refractivity contribution < 1.29 is 28.3 Å². The fourth-order valence-electron chi connectivity index (χ4n) is 4.27. The van der Waals surface area contributed by atoms with Crippen molar-refractivity contribution in [3.05, 3.63) is 142 Å². The van der Waals surface area contributed by atoms with Gasteiger partial charge in [0.1, 0.15) is 17.2 Å². The zero-order chi connectivity index (χ0) is 33.2. The normalized spacial score (nSPS) is 11.0. The number of ether oxygens (including phenoxy) is 1. The molecule has 0 spiro atoms. The number of carbonyl (C=O) groups is 4. The van der Waals surface area contributed by atoms with E-state index in [1.54, 1.807) is 91.0 Å². The van der Waals surface area contributed by atoms with Gasteiger partial charge < -0.3 is 25.1 Å². The molecule has 4 aromatic carbocycles. The number of thioether (sulfide) groups is 1. The third-order valence-corrected chi connectivity index (χ3v) is 8.18. The number of rotatable bonds is 11. The third kappa shape index (κ3) is 9.32. The van der Waals surface area contributed by atoms with E-state index in [9.17, 15) is 19.2 Å². The van der Waals surface area contributed by atoms with Crippen LogP contribution >= 0.6 is 27.7 Å². The molecule has 0 aliphatic rings. The van der Waals surface area contributed by atoms with Gasteiger partial charge >= 0.3 is 5.97 Å². The highest BCUT2D eigenvalue weighted by Gasteiger charge is 2.17. The minimum Gasteiger partial charge on any atom is -0.465 e. The fourth-order valence-corrected chi connectivity index (χ4v) is 5.23. The second-order valence-corrected chi connectivity index (χ2v) is 11.9. The van der Waals surface area contributed by atoms with Crippen LogP contribution < -0.4 is 16.0 Å². The largest absolute Gasteiger partial charge is 0.465 e. The molecule has 3 N–H and O–H groups in total. The van der Waals surface area contributed by atoms with Crippen molar-refractivity contribution in [3.8, 4) is 11.3 Å². The molecule has 0 radical (unpaired) electrons. The molecule has 47 heavy (non-hydrogen) atoms. The lowest BCUT2D eigenvalue weighted by Gasteiger charge is -2.11. The van der Waals surface area contributed by atoms with Crippen LogP contribution in [0.5, 0.6) is 0 Å². The maximum Gasteiger partial charge on any atom is 0.337 e. The first-order valence-corrected chi connectivity index (χ1v) is 16.0. The van der Waals surface area contributed by atoms with E-state index in [0.29, 0.717) is 34.0 Å². The highest BCUT2D eigenvalue weighted by Crippen LogP contribution is 2.26. The molecule has 5 aromatic rings. The predicted molar refractivity (Wildman–Crippen MR) is 186 cm³/mol. The first-order valence-electron chi connectivity index (χ1n) is 14.2. The number of carbonyl (C=O) groups excluding carboxylic acids is 4. The fraction of sp³-hybridized carbons (Fsp3) is 0.0556. The molecule has 0 saturated heterocycles. The van der Waals surface area contributed by atoms with Crippen molar-refractivity contribution >= 4 is 68.8 Å². The van der Waals surface area contributed by atoms with Crippen LogP contribution in [-0.4, -0.2) is 36.6 Å². The van der Waals surface area contributed by atoms with Crippen LogP contribution in [-0.2, 0) is 14.3 Å². The van der Waals surface area contributed by atoms with Crippen molar-refractivity contribution in [3.63, 3.8) is 0 Å². The van der Waals surface area contributed by atoms with E-state index in [1.807, 2.05) is 24.3 Å². The van der Waals surface area contributed by atoms with Gasteiger partial charge in [0.2, 0.25) is 5.91 Å². The predicted octanol–water partition coefficient (Wildman–Crippen LogP) is 7.64. The lowest BCUT2D eigenvalue weighted by Crippen LogP contribution is -2.30. The molecule has 0 fully saturated rings. The van der Waals surface area contributed by atoms with Crippen LogP contribution in [0, 0.1) is 0 Å². The highest BCUT2D eigenvalue weighted by atomic mass is 79.9. The zero-order valence-corrected chi connectivity index (χ0v) is 27.4. The Balaban J connectivity index is 1.23. The molecule has 236 valence electrons. The van der Waals surface area contributed by atoms with Crippen LogP contribution in [0.4, 0.5) is 11.4 Å². The highest BCUT2D eigenvalue weighted by molar-refractivity contribution is 9.10. The first-order chi connectivity index (χ1) is 22.8. The first kappa shape index (κ1) is 33.0. The minimum atomic E-state index is -0.547. The smallest absolute Gasteiger partial charge is 0.337 e.